The molecule has 0 heterocycles. The SMILES string of the molecule is COC1CCC(C)CC1CO. The monoisotopic (exact) mass is 158 g/mol. The Balaban J connectivity index is 2.41. The molecule has 0 bridgehead atoms. The summed E-state index contributed by atoms with van der Waals surface area (Å²) in [4.78, 5) is 0. The topological polar surface area (TPSA) is 29.5 Å². The molecule has 0 aliphatic heterocycles. The van der Waals surface area contributed by atoms with Gasteiger partial charge in [-0.1, -0.05) is 6.92 Å². The van der Waals surface area contributed by atoms with Crippen LogP contribution >= 0.6 is 0 Å². The second kappa shape index (κ2) is 4.07. The van der Waals surface area contributed by atoms with E-state index in [1.165, 1.54) is 6.42 Å². The van der Waals surface area contributed by atoms with Crippen molar-refractivity contribution in [2.45, 2.75) is 32.3 Å². The smallest absolute Gasteiger partial charge is 0.0621 e. The van der Waals surface area contributed by atoms with Crippen molar-refractivity contribution in [3.05, 3.63) is 0 Å². The number of aliphatic hydroxyl groups is 1. The molecule has 1 aliphatic rings. The van der Waals surface area contributed by atoms with Crippen LogP contribution in [0.1, 0.15) is 26.2 Å². The predicted molar refractivity (Wildman–Crippen MR) is 44.4 cm³/mol. The molecule has 11 heavy (non-hydrogen) atoms. The maximum absolute atomic E-state index is 9.03. The number of aliphatic hydroxyl groups excluding tert-OH is 1. The molecule has 1 N–H and O–H groups in total. The summed E-state index contributed by atoms with van der Waals surface area (Å²) in [6.45, 7) is 2.53. The Bertz CT molecular complexity index is 114. The number of ether oxygens (including phenoxy) is 1. The highest BCUT2D eigenvalue weighted by molar-refractivity contribution is 4.78. The van der Waals surface area contributed by atoms with Gasteiger partial charge in [0.05, 0.1) is 6.10 Å². The largest absolute Gasteiger partial charge is 0.396 e. The first-order chi connectivity index (χ1) is 5.27. The molecule has 66 valence electrons. The van der Waals surface area contributed by atoms with E-state index in [2.05, 4.69) is 6.92 Å². The quantitative estimate of drug-likeness (QED) is 0.658. The summed E-state index contributed by atoms with van der Waals surface area (Å²) in [5, 5.41) is 9.03. The molecule has 1 aliphatic carbocycles. The van der Waals surface area contributed by atoms with Crippen LogP contribution in [0.25, 0.3) is 0 Å². The van der Waals surface area contributed by atoms with Crippen LogP contribution in [0.3, 0.4) is 0 Å². The van der Waals surface area contributed by atoms with Crippen LogP contribution in [0.2, 0.25) is 0 Å². The van der Waals surface area contributed by atoms with Crippen LogP contribution in [0.15, 0.2) is 0 Å². The van der Waals surface area contributed by atoms with Gasteiger partial charge < -0.3 is 9.84 Å². The number of methoxy groups -OCH3 is 1. The highest BCUT2D eigenvalue weighted by Gasteiger charge is 2.27. The van der Waals surface area contributed by atoms with Gasteiger partial charge in [-0.3, -0.25) is 0 Å². The summed E-state index contributed by atoms with van der Waals surface area (Å²) >= 11 is 0. The van der Waals surface area contributed by atoms with Crippen LogP contribution in [0.5, 0.6) is 0 Å². The summed E-state index contributed by atoms with van der Waals surface area (Å²) in [6.07, 6.45) is 3.78. The van der Waals surface area contributed by atoms with E-state index in [1.54, 1.807) is 7.11 Å². The predicted octanol–water partition coefficient (Wildman–Crippen LogP) is 1.43. The van der Waals surface area contributed by atoms with E-state index in [4.69, 9.17) is 9.84 Å². The van der Waals surface area contributed by atoms with Gasteiger partial charge in [0, 0.05) is 19.6 Å². The number of hydrogen-bond donors (Lipinski definition) is 1. The average Bonchev–Trinajstić information content (AvgIpc) is 2.04. The van der Waals surface area contributed by atoms with Gasteiger partial charge in [-0.05, 0) is 25.2 Å². The number of hydrogen-bond acceptors (Lipinski definition) is 2. The van der Waals surface area contributed by atoms with Gasteiger partial charge in [-0.2, -0.15) is 0 Å². The minimum absolute atomic E-state index is 0.281. The Hall–Kier alpha value is -0.0800. The molecule has 0 aromatic rings. The molecule has 2 nitrogen and oxygen atoms in total. The molecule has 1 fully saturated rings. The summed E-state index contributed by atoms with van der Waals surface area (Å²) < 4.78 is 5.28. The second-order valence-corrected chi connectivity index (χ2v) is 3.64. The Morgan fingerprint density at radius 1 is 1.45 bits per heavy atom. The van der Waals surface area contributed by atoms with Gasteiger partial charge in [0.25, 0.3) is 0 Å². The van der Waals surface area contributed by atoms with Crippen LogP contribution in [-0.4, -0.2) is 24.9 Å². The molecule has 0 saturated heterocycles. The summed E-state index contributed by atoms with van der Waals surface area (Å²) in [6, 6.07) is 0. The molecule has 2 heteroatoms. The normalized spacial score (nSPS) is 39.0. The van der Waals surface area contributed by atoms with E-state index in [0.29, 0.717) is 12.0 Å². The first-order valence-corrected chi connectivity index (χ1v) is 4.41. The van der Waals surface area contributed by atoms with Gasteiger partial charge in [0.2, 0.25) is 0 Å². The summed E-state index contributed by atoms with van der Waals surface area (Å²) in [5.74, 6) is 1.14. The Kier molecular flexibility index (Phi) is 3.34. The van der Waals surface area contributed by atoms with Gasteiger partial charge >= 0.3 is 0 Å². The van der Waals surface area contributed by atoms with Crippen molar-refractivity contribution in [1.29, 1.82) is 0 Å². The molecular formula is C9H18O2. The minimum Gasteiger partial charge on any atom is -0.396 e. The molecule has 0 spiro atoms. The lowest BCUT2D eigenvalue weighted by Crippen LogP contribution is -2.32. The van der Waals surface area contributed by atoms with Crippen molar-refractivity contribution >= 4 is 0 Å². The van der Waals surface area contributed by atoms with Crippen molar-refractivity contribution in [3.8, 4) is 0 Å². The standard InChI is InChI=1S/C9H18O2/c1-7-3-4-9(11-2)8(5-7)6-10/h7-10H,3-6H2,1-2H3. The van der Waals surface area contributed by atoms with Gasteiger partial charge in [-0.25, -0.2) is 0 Å². The van der Waals surface area contributed by atoms with Crippen molar-refractivity contribution in [2.75, 3.05) is 13.7 Å². The van der Waals surface area contributed by atoms with E-state index in [0.717, 1.165) is 18.8 Å². The zero-order valence-corrected chi connectivity index (χ0v) is 7.42. The molecule has 0 aromatic carbocycles. The summed E-state index contributed by atoms with van der Waals surface area (Å²) in [7, 11) is 1.74. The lowest BCUT2D eigenvalue weighted by atomic mass is 9.81. The maximum atomic E-state index is 9.03. The van der Waals surface area contributed by atoms with Crippen LogP contribution < -0.4 is 0 Å². The first-order valence-electron chi connectivity index (χ1n) is 4.41. The fraction of sp³-hybridized carbons (Fsp3) is 1.00. The van der Waals surface area contributed by atoms with Gasteiger partial charge in [-0.15, -0.1) is 0 Å². The molecule has 0 aromatic heterocycles. The van der Waals surface area contributed by atoms with Crippen LogP contribution in [0.4, 0.5) is 0 Å². The third-order valence-corrected chi connectivity index (χ3v) is 2.71. The molecule has 0 amide bonds. The lowest BCUT2D eigenvalue weighted by Gasteiger charge is -2.32. The van der Waals surface area contributed by atoms with E-state index < -0.39 is 0 Å². The van der Waals surface area contributed by atoms with E-state index in [-0.39, 0.29) is 6.61 Å². The van der Waals surface area contributed by atoms with Crippen LogP contribution in [0, 0.1) is 11.8 Å². The Labute approximate surface area is 68.6 Å². The third kappa shape index (κ3) is 2.17. The van der Waals surface area contributed by atoms with Crippen molar-refractivity contribution in [2.24, 2.45) is 11.8 Å². The lowest BCUT2D eigenvalue weighted by molar-refractivity contribution is -0.0120. The highest BCUT2D eigenvalue weighted by atomic mass is 16.5. The fourth-order valence-electron chi connectivity index (χ4n) is 1.97. The molecule has 0 radical (unpaired) electrons. The van der Waals surface area contributed by atoms with Crippen molar-refractivity contribution in [1.82, 2.24) is 0 Å². The molecule has 1 saturated carbocycles. The zero-order chi connectivity index (χ0) is 8.27. The Morgan fingerprint density at radius 2 is 2.18 bits per heavy atom. The van der Waals surface area contributed by atoms with Gasteiger partial charge in [0.1, 0.15) is 0 Å². The molecular weight excluding hydrogens is 140 g/mol. The fourth-order valence-corrected chi connectivity index (χ4v) is 1.97. The maximum Gasteiger partial charge on any atom is 0.0621 e. The third-order valence-electron chi connectivity index (χ3n) is 2.71. The highest BCUT2D eigenvalue weighted by Crippen LogP contribution is 2.30. The van der Waals surface area contributed by atoms with E-state index >= 15 is 0 Å². The van der Waals surface area contributed by atoms with Gasteiger partial charge in [0.15, 0.2) is 0 Å². The average molecular weight is 158 g/mol. The van der Waals surface area contributed by atoms with Crippen molar-refractivity contribution in [3.63, 3.8) is 0 Å². The van der Waals surface area contributed by atoms with E-state index in [9.17, 15) is 0 Å². The first kappa shape index (κ1) is 9.01. The Morgan fingerprint density at radius 3 is 2.73 bits per heavy atom. The number of rotatable bonds is 2. The summed E-state index contributed by atoms with van der Waals surface area (Å²) in [5.41, 5.74) is 0. The minimum atomic E-state index is 0.281. The molecule has 3 atom stereocenters. The molecule has 3 unspecified atom stereocenters. The zero-order valence-electron chi connectivity index (χ0n) is 7.42. The van der Waals surface area contributed by atoms with Crippen molar-refractivity contribution < 1.29 is 9.84 Å². The molecule has 1 rings (SSSR count). The second-order valence-electron chi connectivity index (χ2n) is 3.64. The van der Waals surface area contributed by atoms with Crippen LogP contribution in [-0.2, 0) is 4.74 Å². The van der Waals surface area contributed by atoms with E-state index in [1.807, 2.05) is 0 Å².